The second-order valence-corrected chi connectivity index (χ2v) is 8.92. The van der Waals surface area contributed by atoms with Gasteiger partial charge < -0.3 is 8.98 Å². The van der Waals surface area contributed by atoms with Gasteiger partial charge in [0, 0.05) is 21.8 Å². The van der Waals surface area contributed by atoms with Gasteiger partial charge in [0.25, 0.3) is 0 Å². The van der Waals surface area contributed by atoms with Gasteiger partial charge in [-0.15, -0.1) is 0 Å². The summed E-state index contributed by atoms with van der Waals surface area (Å²) in [7, 11) is 2.06. The first-order valence-electron chi connectivity index (χ1n) is 11.5. The number of hydrogen-bond donors (Lipinski definition) is 0. The van der Waals surface area contributed by atoms with Crippen LogP contribution >= 0.6 is 0 Å². The summed E-state index contributed by atoms with van der Waals surface area (Å²) < 4.78 is 10.9. The molecule has 0 radical (unpaired) electrons. The minimum atomic E-state index is 0.912. The molecule has 0 atom stereocenters. The lowest BCUT2D eigenvalue weighted by molar-refractivity contribution is -0.587. The number of nitrogens with zero attached hydrogens (tertiary/aromatic N) is 2. The van der Waals surface area contributed by atoms with Crippen LogP contribution in [0.3, 0.4) is 0 Å². The molecule has 162 valence electrons. The van der Waals surface area contributed by atoms with Gasteiger partial charge in [0.2, 0.25) is 0 Å². The average molecular weight is 439 g/mol. The monoisotopic (exact) mass is 438 g/mol. The van der Waals surface area contributed by atoms with E-state index in [0.29, 0.717) is 0 Å². The van der Waals surface area contributed by atoms with Crippen LogP contribution in [0.15, 0.2) is 102 Å². The van der Waals surface area contributed by atoms with Crippen LogP contribution in [0.1, 0.15) is 5.56 Å². The van der Waals surface area contributed by atoms with Crippen molar-refractivity contribution >= 4 is 43.5 Å². The molecule has 7 aromatic rings. The number of fused-ring (bicyclic) bond motifs is 7. The summed E-state index contributed by atoms with van der Waals surface area (Å²) in [5, 5.41) is 7.28. The zero-order valence-electron chi connectivity index (χ0n) is 19.0. The molecule has 0 N–H and O–H groups in total. The maximum Gasteiger partial charge on any atom is 0.189 e. The second kappa shape index (κ2) is 7.06. The summed E-state index contributed by atoms with van der Waals surface area (Å²) in [5.74, 6) is 1.04. The number of para-hydroxylation sites is 1. The number of aromatic nitrogens is 2. The molecule has 0 aliphatic carbocycles. The Kier molecular flexibility index (Phi) is 3.97. The highest BCUT2D eigenvalue weighted by Crippen LogP contribution is 2.42. The molecular formula is C31H22N2O. The average Bonchev–Trinajstić information content (AvgIpc) is 3.44. The van der Waals surface area contributed by atoms with Crippen molar-refractivity contribution in [3.8, 4) is 17.1 Å². The van der Waals surface area contributed by atoms with E-state index in [1.165, 1.54) is 32.5 Å². The predicted octanol–water partition coefficient (Wildman–Crippen LogP) is 7.28. The molecule has 2 aromatic heterocycles. The van der Waals surface area contributed by atoms with Crippen LogP contribution in [0.25, 0.3) is 60.6 Å². The van der Waals surface area contributed by atoms with E-state index < -0.39 is 0 Å². The van der Waals surface area contributed by atoms with Crippen LogP contribution in [0.5, 0.6) is 0 Å². The summed E-state index contributed by atoms with van der Waals surface area (Å²) in [6.07, 6.45) is 5.38. The SMILES string of the molecule is Cc1ccc2c(oc3ccc4ccc5ccccc5c4c32)c1-c1n(C)c[c-][n+]1-c1ccccc1. The number of aryl methyl sites for hydroxylation is 2. The summed E-state index contributed by atoms with van der Waals surface area (Å²) in [6, 6.07) is 32.0. The van der Waals surface area contributed by atoms with E-state index in [4.69, 9.17) is 4.42 Å². The van der Waals surface area contributed by atoms with E-state index in [-0.39, 0.29) is 0 Å². The fourth-order valence-electron chi connectivity index (χ4n) is 5.29. The zero-order chi connectivity index (χ0) is 22.8. The second-order valence-electron chi connectivity index (χ2n) is 8.92. The number of hydrogen-bond acceptors (Lipinski definition) is 1. The van der Waals surface area contributed by atoms with Gasteiger partial charge in [-0.25, -0.2) is 0 Å². The largest absolute Gasteiger partial charge is 0.456 e. The molecule has 0 aliphatic heterocycles. The summed E-state index contributed by atoms with van der Waals surface area (Å²) >= 11 is 0. The van der Waals surface area contributed by atoms with Gasteiger partial charge in [0.1, 0.15) is 11.2 Å². The lowest BCUT2D eigenvalue weighted by Crippen LogP contribution is -2.32. The van der Waals surface area contributed by atoms with Crippen LogP contribution in [-0.4, -0.2) is 4.57 Å². The van der Waals surface area contributed by atoms with Crippen molar-refractivity contribution in [1.82, 2.24) is 4.57 Å². The molecule has 0 spiro atoms. The van der Waals surface area contributed by atoms with Crippen LogP contribution < -0.4 is 4.57 Å². The molecule has 0 saturated carbocycles. The van der Waals surface area contributed by atoms with Crippen molar-refractivity contribution in [2.75, 3.05) is 0 Å². The van der Waals surface area contributed by atoms with Crippen molar-refractivity contribution in [2.24, 2.45) is 7.05 Å². The Labute approximate surface area is 197 Å². The molecule has 0 unspecified atom stereocenters. The Hall–Kier alpha value is -4.37. The topological polar surface area (TPSA) is 21.9 Å². The fourth-order valence-corrected chi connectivity index (χ4v) is 5.29. The van der Waals surface area contributed by atoms with Crippen LogP contribution in [0, 0.1) is 13.1 Å². The number of benzene rings is 5. The summed E-state index contributed by atoms with van der Waals surface area (Å²) in [6.45, 7) is 2.15. The standard InChI is InChI=1S/C31H22N2O/c1-20-12-16-25-29-26(17-15-22-14-13-21-8-6-7-11-24(21)28(22)29)34-30(25)27(20)31-32(2)18-19-33(31)23-9-4-3-5-10-23/h3-18H,1-2H3. The highest BCUT2D eigenvalue weighted by molar-refractivity contribution is 6.27. The maximum atomic E-state index is 6.65. The zero-order valence-corrected chi connectivity index (χ0v) is 19.0. The quantitative estimate of drug-likeness (QED) is 0.158. The maximum absolute atomic E-state index is 6.65. The normalized spacial score (nSPS) is 11.8. The third-order valence-electron chi connectivity index (χ3n) is 6.88. The first-order valence-corrected chi connectivity index (χ1v) is 11.5. The molecule has 2 heterocycles. The molecule has 7 rings (SSSR count). The molecule has 0 bridgehead atoms. The lowest BCUT2D eigenvalue weighted by Gasteiger charge is -2.14. The smallest absolute Gasteiger partial charge is 0.189 e. The third kappa shape index (κ3) is 2.61. The van der Waals surface area contributed by atoms with Gasteiger partial charge in [-0.1, -0.05) is 84.9 Å². The first kappa shape index (κ1) is 19.1. The molecule has 0 fully saturated rings. The molecule has 0 saturated heterocycles. The van der Waals surface area contributed by atoms with Gasteiger partial charge >= 0.3 is 0 Å². The van der Waals surface area contributed by atoms with E-state index in [1.54, 1.807) is 0 Å². The molecule has 0 amide bonds. The molecule has 5 aromatic carbocycles. The van der Waals surface area contributed by atoms with E-state index in [1.807, 2.05) is 12.3 Å². The van der Waals surface area contributed by atoms with Gasteiger partial charge in [-0.2, -0.15) is 0 Å². The van der Waals surface area contributed by atoms with E-state index in [0.717, 1.165) is 33.6 Å². The minimum absolute atomic E-state index is 0.912. The van der Waals surface area contributed by atoms with Crippen LogP contribution in [0.4, 0.5) is 0 Å². The van der Waals surface area contributed by atoms with Gasteiger partial charge in [-0.05, 0) is 34.7 Å². The van der Waals surface area contributed by atoms with Crippen molar-refractivity contribution in [1.29, 1.82) is 0 Å². The Balaban J connectivity index is 1.64. The molecule has 0 aliphatic rings. The number of furan rings is 1. The predicted molar refractivity (Wildman–Crippen MR) is 138 cm³/mol. The molecule has 3 heteroatoms. The molecular weight excluding hydrogens is 416 g/mol. The summed E-state index contributed by atoms with van der Waals surface area (Å²) in [4.78, 5) is 0. The summed E-state index contributed by atoms with van der Waals surface area (Å²) in [5.41, 5.74) is 5.16. The number of rotatable bonds is 2. The van der Waals surface area contributed by atoms with Gasteiger partial charge in [-0.3, -0.25) is 4.57 Å². The Bertz CT molecular complexity index is 1870. The van der Waals surface area contributed by atoms with E-state index >= 15 is 0 Å². The third-order valence-corrected chi connectivity index (χ3v) is 6.88. The van der Waals surface area contributed by atoms with E-state index in [2.05, 4.69) is 114 Å². The molecule has 34 heavy (non-hydrogen) atoms. The Morgan fingerprint density at radius 3 is 2.38 bits per heavy atom. The Morgan fingerprint density at radius 2 is 1.50 bits per heavy atom. The fraction of sp³-hybridized carbons (Fsp3) is 0.0645. The Morgan fingerprint density at radius 1 is 0.735 bits per heavy atom. The van der Waals surface area contributed by atoms with Crippen LogP contribution in [-0.2, 0) is 7.05 Å². The van der Waals surface area contributed by atoms with Crippen molar-refractivity contribution in [3.05, 3.63) is 109 Å². The van der Waals surface area contributed by atoms with E-state index in [9.17, 15) is 0 Å². The molecule has 3 nitrogen and oxygen atoms in total. The van der Waals surface area contributed by atoms with Gasteiger partial charge in [0.15, 0.2) is 5.82 Å². The highest BCUT2D eigenvalue weighted by Gasteiger charge is 2.21. The minimum Gasteiger partial charge on any atom is -0.456 e. The first-order chi connectivity index (χ1) is 16.7. The van der Waals surface area contributed by atoms with Crippen molar-refractivity contribution in [3.63, 3.8) is 0 Å². The van der Waals surface area contributed by atoms with Crippen LogP contribution in [0.2, 0.25) is 0 Å². The van der Waals surface area contributed by atoms with Crippen molar-refractivity contribution in [2.45, 2.75) is 6.92 Å². The number of imidazole rings is 1. The lowest BCUT2D eigenvalue weighted by atomic mass is 9.96. The highest BCUT2D eigenvalue weighted by atomic mass is 16.3. The van der Waals surface area contributed by atoms with Crippen molar-refractivity contribution < 1.29 is 8.98 Å². The van der Waals surface area contributed by atoms with Gasteiger partial charge in [0.05, 0.1) is 25.0 Å².